The first kappa shape index (κ1) is 23.3. The fourth-order valence-corrected chi connectivity index (χ4v) is 5.01. The summed E-state index contributed by atoms with van der Waals surface area (Å²) >= 11 is 6.23. The zero-order valence-corrected chi connectivity index (χ0v) is 18.6. The van der Waals surface area contributed by atoms with Crippen molar-refractivity contribution in [3.8, 4) is 11.1 Å². The lowest BCUT2D eigenvalue weighted by atomic mass is 9.98. The van der Waals surface area contributed by atoms with Gasteiger partial charge >= 0.3 is 6.18 Å². The van der Waals surface area contributed by atoms with Crippen molar-refractivity contribution in [3.05, 3.63) is 47.0 Å². The second-order valence-corrected chi connectivity index (χ2v) is 9.82. The maximum atomic E-state index is 13.9. The molecule has 0 radical (unpaired) electrons. The molecule has 2 aromatic carbocycles. The van der Waals surface area contributed by atoms with Gasteiger partial charge in [0.25, 0.3) is 0 Å². The minimum atomic E-state index is -4.75. The lowest BCUT2D eigenvalue weighted by Crippen LogP contribution is -2.59. The Morgan fingerprint density at radius 1 is 1.21 bits per heavy atom. The van der Waals surface area contributed by atoms with Gasteiger partial charge in [-0.1, -0.05) is 23.7 Å². The molecule has 0 amide bonds. The highest BCUT2D eigenvalue weighted by molar-refractivity contribution is 7.89. The fraction of sp³-hybridized carbons (Fsp3) is 0.263. The number of H-pyrrole nitrogens is 1. The quantitative estimate of drug-likeness (QED) is 0.405. The average Bonchev–Trinajstić information content (AvgIpc) is 3.10. The molecule has 0 aliphatic carbocycles. The van der Waals surface area contributed by atoms with Crippen LogP contribution in [0.25, 0.3) is 11.1 Å². The van der Waals surface area contributed by atoms with Gasteiger partial charge < -0.3 is 15.8 Å². The van der Waals surface area contributed by atoms with E-state index >= 15 is 0 Å². The molecular formula is C19H18ClF3N6O3S. The summed E-state index contributed by atoms with van der Waals surface area (Å²) in [5.74, 6) is -0.0447. The Labute approximate surface area is 191 Å². The Bertz CT molecular complexity index is 1290. The minimum Gasteiger partial charge on any atom is -0.377 e. The largest absolute Gasteiger partial charge is 0.417 e. The third-order valence-electron chi connectivity index (χ3n) is 4.83. The molecule has 1 aromatic heterocycles. The van der Waals surface area contributed by atoms with Crippen LogP contribution >= 0.6 is 11.6 Å². The number of nitrogens with one attached hydrogen (secondary N) is 3. The molecule has 0 atom stereocenters. The van der Waals surface area contributed by atoms with Gasteiger partial charge in [0.1, 0.15) is 0 Å². The number of hydrogen-bond acceptors (Lipinski definition) is 7. The SMILES string of the molecule is CC1(NS(=O)(=O)c2ccc(-c3c(Cl)cc(Nc4n[nH]c(N)n4)cc3C(F)(F)F)cc2)COC1. The van der Waals surface area contributed by atoms with E-state index in [9.17, 15) is 21.6 Å². The Balaban J connectivity index is 1.69. The molecule has 0 bridgehead atoms. The summed E-state index contributed by atoms with van der Waals surface area (Å²) in [7, 11) is -3.89. The highest BCUT2D eigenvalue weighted by Crippen LogP contribution is 2.43. The first-order chi connectivity index (χ1) is 15.4. The van der Waals surface area contributed by atoms with Crippen molar-refractivity contribution in [2.75, 3.05) is 24.3 Å². The van der Waals surface area contributed by atoms with E-state index in [1.807, 2.05) is 0 Å². The Hall–Kier alpha value is -2.87. The number of rotatable bonds is 6. The normalized spacial score (nSPS) is 15.8. The van der Waals surface area contributed by atoms with E-state index in [1.54, 1.807) is 6.92 Å². The first-order valence-corrected chi connectivity index (χ1v) is 11.3. The number of aromatic amines is 1. The number of nitrogens with zero attached hydrogens (tertiary/aromatic N) is 2. The van der Waals surface area contributed by atoms with Crippen molar-refractivity contribution >= 4 is 39.2 Å². The van der Waals surface area contributed by atoms with Crippen molar-refractivity contribution in [3.63, 3.8) is 0 Å². The summed E-state index contributed by atoms with van der Waals surface area (Å²) < 4.78 is 74.4. The number of benzene rings is 2. The highest BCUT2D eigenvalue weighted by atomic mass is 35.5. The van der Waals surface area contributed by atoms with E-state index in [1.165, 1.54) is 30.3 Å². The lowest BCUT2D eigenvalue weighted by molar-refractivity contribution is -0.137. The summed E-state index contributed by atoms with van der Waals surface area (Å²) in [4.78, 5) is 3.69. The molecule has 5 N–H and O–H groups in total. The molecule has 0 unspecified atom stereocenters. The highest BCUT2D eigenvalue weighted by Gasteiger charge is 2.38. The molecular weight excluding hydrogens is 485 g/mol. The molecule has 1 saturated heterocycles. The van der Waals surface area contributed by atoms with Gasteiger partial charge in [-0.2, -0.15) is 18.2 Å². The van der Waals surface area contributed by atoms with Crippen LogP contribution in [-0.4, -0.2) is 42.4 Å². The zero-order valence-electron chi connectivity index (χ0n) is 17.0. The van der Waals surface area contributed by atoms with Crippen molar-refractivity contribution in [1.82, 2.24) is 19.9 Å². The summed E-state index contributed by atoms with van der Waals surface area (Å²) in [6.07, 6.45) is -4.75. The Morgan fingerprint density at radius 2 is 1.88 bits per heavy atom. The number of anilines is 3. The Morgan fingerprint density at radius 3 is 2.39 bits per heavy atom. The molecule has 1 fully saturated rings. The van der Waals surface area contributed by atoms with Gasteiger partial charge in [0, 0.05) is 11.3 Å². The summed E-state index contributed by atoms with van der Waals surface area (Å²) in [6, 6.07) is 7.13. The van der Waals surface area contributed by atoms with E-state index < -0.39 is 27.3 Å². The number of halogens is 4. The van der Waals surface area contributed by atoms with Crippen LogP contribution in [0.4, 0.5) is 30.8 Å². The van der Waals surface area contributed by atoms with Crippen LogP contribution in [0.15, 0.2) is 41.3 Å². The number of hydrogen-bond donors (Lipinski definition) is 4. The monoisotopic (exact) mass is 502 g/mol. The molecule has 3 aromatic rings. The van der Waals surface area contributed by atoms with Gasteiger partial charge in [0.05, 0.1) is 34.2 Å². The van der Waals surface area contributed by atoms with Gasteiger partial charge in [-0.3, -0.25) is 0 Å². The second-order valence-electron chi connectivity index (χ2n) is 7.73. The number of nitrogens with two attached hydrogens (primary N) is 1. The van der Waals surface area contributed by atoms with Crippen LogP contribution in [0.1, 0.15) is 12.5 Å². The molecule has 0 spiro atoms. The molecule has 2 heterocycles. The van der Waals surface area contributed by atoms with E-state index in [-0.39, 0.29) is 51.8 Å². The number of nitrogen functional groups attached to an aromatic ring is 1. The second kappa shape index (κ2) is 8.17. The van der Waals surface area contributed by atoms with E-state index in [2.05, 4.69) is 25.2 Å². The van der Waals surface area contributed by atoms with Gasteiger partial charge in [-0.05, 0) is 36.8 Å². The predicted octanol–water partition coefficient (Wildman–Crippen LogP) is 3.54. The van der Waals surface area contributed by atoms with E-state index in [4.69, 9.17) is 22.1 Å². The smallest absolute Gasteiger partial charge is 0.377 e. The third kappa shape index (κ3) is 4.90. The van der Waals surface area contributed by atoms with Crippen molar-refractivity contribution < 1.29 is 26.3 Å². The molecule has 4 rings (SSSR count). The maximum Gasteiger partial charge on any atom is 0.417 e. The fourth-order valence-electron chi connectivity index (χ4n) is 3.31. The molecule has 9 nitrogen and oxygen atoms in total. The number of alkyl halides is 3. The van der Waals surface area contributed by atoms with Gasteiger partial charge in [0.2, 0.25) is 21.9 Å². The van der Waals surface area contributed by atoms with Crippen molar-refractivity contribution in [2.24, 2.45) is 0 Å². The van der Waals surface area contributed by atoms with Crippen LogP contribution in [0, 0.1) is 0 Å². The molecule has 1 aliphatic rings. The first-order valence-electron chi connectivity index (χ1n) is 9.44. The number of ether oxygens (including phenoxy) is 1. The molecule has 14 heteroatoms. The molecule has 176 valence electrons. The van der Waals surface area contributed by atoms with Gasteiger partial charge in [-0.25, -0.2) is 18.2 Å². The predicted molar refractivity (Wildman–Crippen MR) is 116 cm³/mol. The van der Waals surface area contributed by atoms with Crippen LogP contribution in [0.2, 0.25) is 5.02 Å². The summed E-state index contributed by atoms with van der Waals surface area (Å²) in [5.41, 5.74) is 3.48. The Kier molecular flexibility index (Phi) is 5.76. The zero-order chi connectivity index (χ0) is 24.0. The van der Waals surface area contributed by atoms with Crippen LogP contribution in [0.5, 0.6) is 0 Å². The van der Waals surface area contributed by atoms with Gasteiger partial charge in [-0.15, -0.1) is 5.10 Å². The maximum absolute atomic E-state index is 13.9. The van der Waals surface area contributed by atoms with E-state index in [0.29, 0.717) is 0 Å². The van der Waals surface area contributed by atoms with E-state index in [0.717, 1.165) is 6.07 Å². The molecule has 0 saturated carbocycles. The van der Waals surface area contributed by atoms with Gasteiger partial charge in [0.15, 0.2) is 0 Å². The number of aromatic nitrogens is 3. The van der Waals surface area contributed by atoms with Crippen molar-refractivity contribution in [1.29, 1.82) is 0 Å². The summed E-state index contributed by atoms with van der Waals surface area (Å²) in [6.45, 7) is 2.16. The molecule has 33 heavy (non-hydrogen) atoms. The van der Waals surface area contributed by atoms with Crippen LogP contribution < -0.4 is 15.8 Å². The average molecular weight is 503 g/mol. The standard InChI is InChI=1S/C19H18ClF3N6O3S/c1-18(8-32-9-18)29-33(30,31)12-4-2-10(3-5-12)15-13(19(21,22)23)6-11(7-14(15)20)25-17-26-16(24)27-28-17/h2-7,29H,8-9H2,1H3,(H4,24,25,26,27,28). The number of sulfonamides is 1. The van der Waals surface area contributed by atoms with Crippen LogP contribution in [0.3, 0.4) is 0 Å². The minimum absolute atomic E-state index is 0.00515. The van der Waals surface area contributed by atoms with Crippen LogP contribution in [-0.2, 0) is 20.9 Å². The summed E-state index contributed by atoms with van der Waals surface area (Å²) in [5, 5.41) is 8.47. The third-order valence-corrected chi connectivity index (χ3v) is 6.78. The molecule has 1 aliphatic heterocycles. The van der Waals surface area contributed by atoms with Crippen molar-refractivity contribution in [2.45, 2.75) is 23.5 Å². The lowest BCUT2D eigenvalue weighted by Gasteiger charge is -2.38. The topological polar surface area (TPSA) is 135 Å².